The molecule has 0 amide bonds. The zero-order chi connectivity index (χ0) is 3.54. The van der Waals surface area contributed by atoms with Crippen LogP contribution in [0.25, 0.3) is 0 Å². The molecule has 34 valence electrons. The van der Waals surface area contributed by atoms with E-state index in [1.807, 2.05) is 22.9 Å². The summed E-state index contributed by atoms with van der Waals surface area (Å²) in [5.74, 6) is 0. The molecule has 0 saturated heterocycles. The number of hydrogen-bond acceptors (Lipinski definition) is 1. The van der Waals surface area contributed by atoms with E-state index in [0.29, 0.717) is 0 Å². The lowest BCUT2D eigenvalue weighted by molar-refractivity contribution is 2.03. The number of rotatable bonds is 0. The van der Waals surface area contributed by atoms with Gasteiger partial charge in [-0.05, 0) is 10.8 Å². The molecule has 0 bridgehead atoms. The third-order valence-corrected chi connectivity index (χ3v) is 1.05. The van der Waals surface area contributed by atoms with Gasteiger partial charge in [-0.1, -0.05) is 12.1 Å². The average Bonchev–Trinajstić information content (AvgIpc) is 1.76. The molecule has 1 heterocycles. The molecular formula is C4H5BrS. The van der Waals surface area contributed by atoms with Crippen molar-refractivity contribution >= 4 is 28.3 Å². The summed E-state index contributed by atoms with van der Waals surface area (Å²) >= 11 is 1.71. The van der Waals surface area contributed by atoms with Crippen LogP contribution in [0.5, 0.6) is 0 Å². The van der Waals surface area contributed by atoms with Crippen molar-refractivity contribution in [1.82, 2.24) is 0 Å². The van der Waals surface area contributed by atoms with Crippen LogP contribution >= 0.6 is 28.3 Å². The maximum atomic E-state index is 2.04. The zero-order valence-electron chi connectivity index (χ0n) is 3.13. The molecule has 0 unspecified atom stereocenters. The zero-order valence-corrected chi connectivity index (χ0v) is 5.66. The van der Waals surface area contributed by atoms with E-state index in [1.165, 1.54) is 0 Å². The minimum Gasteiger partial charge on any atom is -0.152 e. The largest absolute Gasteiger partial charge is 0.152 e. The summed E-state index contributed by atoms with van der Waals surface area (Å²) in [5.41, 5.74) is 0. The van der Waals surface area contributed by atoms with Crippen molar-refractivity contribution in [3.8, 4) is 0 Å². The van der Waals surface area contributed by atoms with Crippen LogP contribution < -0.4 is 0 Å². The summed E-state index contributed by atoms with van der Waals surface area (Å²) in [4.78, 5) is 0. The first kappa shape index (κ1) is 6.18. The predicted octanol–water partition coefficient (Wildman–Crippen LogP) is 2.33. The monoisotopic (exact) mass is 164 g/mol. The van der Waals surface area contributed by atoms with Gasteiger partial charge in [0.15, 0.2) is 0 Å². The highest BCUT2D eigenvalue weighted by Gasteiger charge is 1.58. The molecule has 1 aromatic rings. The van der Waals surface area contributed by atoms with Crippen LogP contribution in [0, 0.1) is 0 Å². The first-order chi connectivity index (χ1) is 2.50. The molecule has 0 aliphatic rings. The van der Waals surface area contributed by atoms with Gasteiger partial charge >= 0.3 is 0 Å². The molecule has 0 nitrogen and oxygen atoms in total. The second-order valence-corrected chi connectivity index (χ2v) is 1.61. The maximum Gasteiger partial charge on any atom is -0.00934 e. The Morgan fingerprint density at radius 3 is 1.67 bits per heavy atom. The minimum atomic E-state index is 0. The number of thiophene rings is 1. The Bertz CT molecular complexity index is 64.0. The molecule has 6 heavy (non-hydrogen) atoms. The Morgan fingerprint density at radius 1 is 1.00 bits per heavy atom. The van der Waals surface area contributed by atoms with Gasteiger partial charge < -0.3 is 0 Å². The second kappa shape index (κ2) is 3.37. The molecular weight excluding hydrogens is 160 g/mol. The van der Waals surface area contributed by atoms with Crippen LogP contribution in [0.3, 0.4) is 0 Å². The summed E-state index contributed by atoms with van der Waals surface area (Å²) < 4.78 is 0. The first-order valence-corrected chi connectivity index (χ1v) is 2.41. The number of hydrogen-bond donors (Lipinski definition) is 0. The highest BCUT2D eigenvalue weighted by atomic mass is 79.9. The van der Waals surface area contributed by atoms with Gasteiger partial charge in [0.25, 0.3) is 0 Å². The predicted molar refractivity (Wildman–Crippen MR) is 34.6 cm³/mol. The van der Waals surface area contributed by atoms with Crippen LogP contribution in [0.15, 0.2) is 22.9 Å². The third-order valence-electron chi connectivity index (χ3n) is 0.425. The van der Waals surface area contributed by atoms with E-state index in [9.17, 15) is 0 Å². The summed E-state index contributed by atoms with van der Waals surface area (Å²) in [6.45, 7) is 0. The van der Waals surface area contributed by atoms with Gasteiger partial charge in [0, 0.05) is 0 Å². The average molecular weight is 165 g/mol. The van der Waals surface area contributed by atoms with E-state index in [-0.39, 0.29) is 17.0 Å². The summed E-state index contributed by atoms with van der Waals surface area (Å²) in [6.07, 6.45) is 0. The normalized spacial score (nSPS) is 6.67. The summed E-state index contributed by atoms with van der Waals surface area (Å²) in [6, 6.07) is 4.04. The standard InChI is InChI=1S/C4H4S.BrH/c1-2-4-5-3-1;/h1-4H;1H. The van der Waals surface area contributed by atoms with Crippen LogP contribution in [-0.4, -0.2) is 0 Å². The van der Waals surface area contributed by atoms with Crippen molar-refractivity contribution in [3.05, 3.63) is 22.9 Å². The van der Waals surface area contributed by atoms with Gasteiger partial charge in [-0.2, -0.15) is 11.3 Å². The van der Waals surface area contributed by atoms with Crippen LogP contribution in [-0.2, 0) is 0 Å². The lowest BCUT2D eigenvalue weighted by Crippen LogP contribution is -1.16. The molecule has 0 spiro atoms. The highest BCUT2D eigenvalue weighted by Crippen LogP contribution is 1.91. The second-order valence-electron chi connectivity index (χ2n) is 0.793. The van der Waals surface area contributed by atoms with Crippen molar-refractivity contribution in [1.29, 1.82) is 0 Å². The Kier molecular flexibility index (Phi) is 3.47. The molecule has 1 rings (SSSR count). The molecule has 2 heteroatoms. The van der Waals surface area contributed by atoms with Gasteiger partial charge in [-0.15, -0.1) is 17.0 Å². The van der Waals surface area contributed by atoms with E-state index < -0.39 is 0 Å². The molecule has 0 saturated carbocycles. The fraction of sp³-hybridized carbons (Fsp3) is 0. The quantitative estimate of drug-likeness (QED) is 0.553. The van der Waals surface area contributed by atoms with Crippen LogP contribution in [0.2, 0.25) is 0 Å². The van der Waals surface area contributed by atoms with E-state index >= 15 is 0 Å². The fourth-order valence-corrected chi connectivity index (χ4v) is 0.680. The van der Waals surface area contributed by atoms with E-state index in [1.54, 1.807) is 11.3 Å². The van der Waals surface area contributed by atoms with Crippen molar-refractivity contribution in [2.75, 3.05) is 0 Å². The van der Waals surface area contributed by atoms with Crippen LogP contribution in [0.1, 0.15) is 0 Å². The van der Waals surface area contributed by atoms with Crippen molar-refractivity contribution in [3.63, 3.8) is 0 Å². The Labute approximate surface area is 51.6 Å². The van der Waals surface area contributed by atoms with E-state index in [2.05, 4.69) is 0 Å². The summed E-state index contributed by atoms with van der Waals surface area (Å²) in [7, 11) is 0. The minimum absolute atomic E-state index is 0. The Morgan fingerprint density at radius 2 is 1.50 bits per heavy atom. The third kappa shape index (κ3) is 1.58. The van der Waals surface area contributed by atoms with Gasteiger partial charge in [0.1, 0.15) is 0 Å². The first-order valence-electron chi connectivity index (χ1n) is 1.47. The SMILES string of the molecule is Br.c1ccsc1. The van der Waals surface area contributed by atoms with Gasteiger partial charge in [0.2, 0.25) is 0 Å². The molecule has 0 radical (unpaired) electrons. The molecule has 0 aromatic carbocycles. The lowest BCUT2D eigenvalue weighted by Gasteiger charge is -1.39. The van der Waals surface area contributed by atoms with Gasteiger partial charge in [-0.3, -0.25) is 0 Å². The van der Waals surface area contributed by atoms with Crippen molar-refractivity contribution in [2.24, 2.45) is 0 Å². The van der Waals surface area contributed by atoms with Gasteiger partial charge in [0.05, 0.1) is 0 Å². The summed E-state index contributed by atoms with van der Waals surface area (Å²) in [5, 5.41) is 4.08. The number of halogens is 1. The molecule has 0 aliphatic heterocycles. The molecule has 1 aromatic heterocycles. The molecule has 0 fully saturated rings. The smallest absolute Gasteiger partial charge is 0.00934 e. The van der Waals surface area contributed by atoms with Crippen LogP contribution in [0.4, 0.5) is 0 Å². The van der Waals surface area contributed by atoms with E-state index in [0.717, 1.165) is 0 Å². The van der Waals surface area contributed by atoms with Crippen molar-refractivity contribution < 1.29 is 0 Å². The molecule has 0 atom stereocenters. The Hall–Kier alpha value is 0.180. The van der Waals surface area contributed by atoms with Gasteiger partial charge in [-0.25, -0.2) is 0 Å². The van der Waals surface area contributed by atoms with E-state index in [4.69, 9.17) is 0 Å². The fourth-order valence-electron chi connectivity index (χ4n) is 0.227. The topological polar surface area (TPSA) is 0 Å². The maximum absolute atomic E-state index is 2.04. The molecule has 0 N–H and O–H groups in total. The Balaban J connectivity index is 0.000000250. The highest BCUT2D eigenvalue weighted by molar-refractivity contribution is 8.93. The molecule has 0 aliphatic carbocycles. The van der Waals surface area contributed by atoms with Crippen molar-refractivity contribution in [2.45, 2.75) is 0 Å². The lowest BCUT2D eigenvalue weighted by atomic mass is 10.7.